The Hall–Kier alpha value is -0.840. The third kappa shape index (κ3) is 3.09. The molecule has 1 aliphatic rings. The third-order valence-electron chi connectivity index (χ3n) is 3.03. The van der Waals surface area contributed by atoms with E-state index in [-0.39, 0.29) is 18.2 Å². The Morgan fingerprint density at radius 3 is 2.65 bits per heavy atom. The second kappa shape index (κ2) is 5.67. The van der Waals surface area contributed by atoms with Gasteiger partial charge in [-0.2, -0.15) is 0 Å². The van der Waals surface area contributed by atoms with Crippen LogP contribution in [0.5, 0.6) is 5.75 Å². The number of hydrogen-bond donors (Lipinski definition) is 2. The van der Waals surface area contributed by atoms with Crippen molar-refractivity contribution in [2.45, 2.75) is 25.0 Å². The highest BCUT2D eigenvalue weighted by molar-refractivity contribution is 5.85. The zero-order valence-electron chi connectivity index (χ0n) is 9.60. The summed E-state index contributed by atoms with van der Waals surface area (Å²) in [6, 6.07) is 3.98. The summed E-state index contributed by atoms with van der Waals surface area (Å²) >= 11 is 0. The highest BCUT2D eigenvalue weighted by Gasteiger charge is 2.34. The molecule has 0 aliphatic heterocycles. The average Bonchev–Trinajstić information content (AvgIpc) is 3.11. The van der Waals surface area contributed by atoms with Crippen LogP contribution in [0.3, 0.4) is 0 Å². The van der Waals surface area contributed by atoms with E-state index in [4.69, 9.17) is 10.5 Å². The van der Waals surface area contributed by atoms with Crippen LogP contribution in [0.4, 0.5) is 4.39 Å². The maximum Gasteiger partial charge on any atom is 0.165 e. The minimum Gasteiger partial charge on any atom is -0.494 e. The van der Waals surface area contributed by atoms with Gasteiger partial charge in [0.1, 0.15) is 0 Å². The summed E-state index contributed by atoms with van der Waals surface area (Å²) in [7, 11) is 1.41. The number of rotatable bonds is 4. The molecule has 2 rings (SSSR count). The number of benzene rings is 1. The number of aliphatic hydroxyl groups is 1. The summed E-state index contributed by atoms with van der Waals surface area (Å²) in [5.74, 6) is 0.0429. The van der Waals surface area contributed by atoms with Crippen molar-refractivity contribution in [2.24, 2.45) is 11.7 Å². The van der Waals surface area contributed by atoms with Gasteiger partial charge in [-0.3, -0.25) is 0 Å². The van der Waals surface area contributed by atoms with Gasteiger partial charge in [0.25, 0.3) is 0 Å². The summed E-state index contributed by atoms with van der Waals surface area (Å²) in [6.45, 7) is 0. The fraction of sp³-hybridized carbons (Fsp3) is 0.500. The zero-order chi connectivity index (χ0) is 11.7. The minimum absolute atomic E-state index is 0. The Balaban J connectivity index is 0.00000144. The number of hydrogen-bond acceptors (Lipinski definition) is 3. The summed E-state index contributed by atoms with van der Waals surface area (Å²) < 4.78 is 18.1. The molecule has 1 aromatic rings. The lowest BCUT2D eigenvalue weighted by molar-refractivity contribution is 0.122. The van der Waals surface area contributed by atoms with E-state index in [0.717, 1.165) is 12.8 Å². The number of aliphatic hydroxyl groups excluding tert-OH is 1. The van der Waals surface area contributed by atoms with E-state index in [0.29, 0.717) is 11.5 Å². The van der Waals surface area contributed by atoms with Crippen molar-refractivity contribution in [3.63, 3.8) is 0 Å². The molecule has 17 heavy (non-hydrogen) atoms. The van der Waals surface area contributed by atoms with Gasteiger partial charge in [-0.25, -0.2) is 4.39 Å². The fourth-order valence-corrected chi connectivity index (χ4v) is 1.81. The Morgan fingerprint density at radius 2 is 2.12 bits per heavy atom. The number of methoxy groups -OCH3 is 1. The molecule has 0 unspecified atom stereocenters. The maximum absolute atomic E-state index is 13.2. The molecular weight excluding hydrogens is 245 g/mol. The largest absolute Gasteiger partial charge is 0.494 e. The van der Waals surface area contributed by atoms with Crippen LogP contribution >= 0.6 is 12.4 Å². The molecular formula is C12H17ClFNO2. The molecule has 1 fully saturated rings. The van der Waals surface area contributed by atoms with Gasteiger partial charge < -0.3 is 15.6 Å². The molecule has 1 aromatic carbocycles. The molecule has 0 radical (unpaired) electrons. The number of nitrogens with two attached hydrogens (primary N) is 1. The molecule has 2 atom stereocenters. The van der Waals surface area contributed by atoms with Crippen molar-refractivity contribution >= 4 is 12.4 Å². The highest BCUT2D eigenvalue weighted by Crippen LogP contribution is 2.37. The first-order chi connectivity index (χ1) is 7.63. The smallest absolute Gasteiger partial charge is 0.165 e. The van der Waals surface area contributed by atoms with Crippen LogP contribution in [0.15, 0.2) is 18.2 Å². The monoisotopic (exact) mass is 261 g/mol. The molecule has 5 heteroatoms. The fourth-order valence-electron chi connectivity index (χ4n) is 1.81. The van der Waals surface area contributed by atoms with Crippen LogP contribution in [0.25, 0.3) is 0 Å². The molecule has 0 heterocycles. The Labute approximate surface area is 106 Å². The second-order valence-electron chi connectivity index (χ2n) is 4.25. The first kappa shape index (κ1) is 14.2. The highest BCUT2D eigenvalue weighted by atomic mass is 35.5. The molecule has 0 saturated heterocycles. The molecule has 0 amide bonds. The van der Waals surface area contributed by atoms with Crippen LogP contribution in [0.1, 0.15) is 24.4 Å². The lowest BCUT2D eigenvalue weighted by Gasteiger charge is -2.19. The molecule has 3 N–H and O–H groups in total. The van der Waals surface area contributed by atoms with Crippen LogP contribution < -0.4 is 10.5 Å². The van der Waals surface area contributed by atoms with E-state index in [9.17, 15) is 9.50 Å². The van der Waals surface area contributed by atoms with E-state index >= 15 is 0 Å². The maximum atomic E-state index is 13.2. The van der Waals surface area contributed by atoms with Gasteiger partial charge in [0.05, 0.1) is 19.3 Å². The summed E-state index contributed by atoms with van der Waals surface area (Å²) in [6.07, 6.45) is 1.50. The zero-order valence-corrected chi connectivity index (χ0v) is 10.4. The van der Waals surface area contributed by atoms with Crippen molar-refractivity contribution < 1.29 is 14.2 Å². The van der Waals surface area contributed by atoms with Gasteiger partial charge in [0, 0.05) is 0 Å². The molecule has 96 valence electrons. The van der Waals surface area contributed by atoms with Crippen LogP contribution in [0.2, 0.25) is 0 Å². The summed E-state index contributed by atoms with van der Waals surface area (Å²) in [4.78, 5) is 0. The number of ether oxygens (including phenoxy) is 1. The Bertz CT molecular complexity index is 385. The first-order valence-electron chi connectivity index (χ1n) is 5.40. The average molecular weight is 262 g/mol. The second-order valence-corrected chi connectivity index (χ2v) is 4.25. The standard InChI is InChI=1S/C12H16FNO2.ClH/c1-16-10-6-8(4-5-9(10)13)11(14)12(15)7-2-3-7;/h4-7,11-12,15H,2-3,14H2,1H3;1H/t11-,12+;/m1./s1. The Kier molecular flexibility index (Phi) is 4.74. The van der Waals surface area contributed by atoms with Crippen molar-refractivity contribution in [1.82, 2.24) is 0 Å². The van der Waals surface area contributed by atoms with Crippen LogP contribution in [-0.4, -0.2) is 18.3 Å². The third-order valence-corrected chi connectivity index (χ3v) is 3.03. The summed E-state index contributed by atoms with van der Waals surface area (Å²) in [5, 5.41) is 9.88. The topological polar surface area (TPSA) is 55.5 Å². The van der Waals surface area contributed by atoms with E-state index in [2.05, 4.69) is 0 Å². The first-order valence-corrected chi connectivity index (χ1v) is 5.40. The quantitative estimate of drug-likeness (QED) is 0.872. The predicted molar refractivity (Wildman–Crippen MR) is 65.9 cm³/mol. The van der Waals surface area contributed by atoms with Gasteiger partial charge in [-0.05, 0) is 36.5 Å². The van der Waals surface area contributed by atoms with E-state index in [1.807, 2.05) is 0 Å². The van der Waals surface area contributed by atoms with Crippen LogP contribution in [0, 0.1) is 11.7 Å². The lowest BCUT2D eigenvalue weighted by Crippen LogP contribution is -2.27. The van der Waals surface area contributed by atoms with E-state index in [1.54, 1.807) is 12.1 Å². The number of halogens is 2. The molecule has 1 aliphatic carbocycles. The molecule has 0 aromatic heterocycles. The van der Waals surface area contributed by atoms with Crippen molar-refractivity contribution in [1.29, 1.82) is 0 Å². The van der Waals surface area contributed by atoms with Crippen LogP contribution in [-0.2, 0) is 0 Å². The van der Waals surface area contributed by atoms with E-state index in [1.165, 1.54) is 13.2 Å². The molecule has 1 saturated carbocycles. The lowest BCUT2D eigenvalue weighted by atomic mass is 9.99. The Morgan fingerprint density at radius 1 is 1.47 bits per heavy atom. The minimum atomic E-state index is -0.546. The van der Waals surface area contributed by atoms with Crippen molar-refractivity contribution in [3.05, 3.63) is 29.6 Å². The molecule has 0 spiro atoms. The van der Waals surface area contributed by atoms with Crippen molar-refractivity contribution in [3.8, 4) is 5.75 Å². The van der Waals surface area contributed by atoms with Gasteiger partial charge in [0.15, 0.2) is 11.6 Å². The van der Waals surface area contributed by atoms with Gasteiger partial charge in [0.2, 0.25) is 0 Å². The summed E-state index contributed by atoms with van der Waals surface area (Å²) in [5.41, 5.74) is 6.63. The van der Waals surface area contributed by atoms with Crippen molar-refractivity contribution in [2.75, 3.05) is 7.11 Å². The van der Waals surface area contributed by atoms with Gasteiger partial charge >= 0.3 is 0 Å². The van der Waals surface area contributed by atoms with Gasteiger partial charge in [-0.1, -0.05) is 6.07 Å². The predicted octanol–water partition coefficient (Wildman–Crippen LogP) is 2.03. The normalized spacial score (nSPS) is 18.1. The SMILES string of the molecule is COc1cc([C@@H](N)[C@@H](O)C2CC2)ccc1F.Cl. The molecule has 3 nitrogen and oxygen atoms in total. The van der Waals surface area contributed by atoms with E-state index < -0.39 is 18.0 Å². The van der Waals surface area contributed by atoms with Gasteiger partial charge in [-0.15, -0.1) is 12.4 Å². The molecule has 0 bridgehead atoms.